The van der Waals surface area contributed by atoms with Gasteiger partial charge in [-0.15, -0.1) is 0 Å². The van der Waals surface area contributed by atoms with Gasteiger partial charge in [-0.25, -0.2) is 9.69 Å². The average Bonchev–Trinajstić information content (AvgIpc) is 3.04. The van der Waals surface area contributed by atoms with E-state index in [2.05, 4.69) is 5.32 Å². The number of nitrogens with one attached hydrogen (secondary N) is 1. The summed E-state index contributed by atoms with van der Waals surface area (Å²) < 4.78 is 0. The van der Waals surface area contributed by atoms with Gasteiger partial charge in [0.25, 0.3) is 0 Å². The quantitative estimate of drug-likeness (QED) is 0.862. The summed E-state index contributed by atoms with van der Waals surface area (Å²) >= 11 is 11.8. The summed E-state index contributed by atoms with van der Waals surface area (Å²) in [6.45, 7) is 0.426. The van der Waals surface area contributed by atoms with Crippen LogP contribution in [-0.4, -0.2) is 18.5 Å². The Morgan fingerprint density at radius 3 is 2.28 bits per heavy atom. The third kappa shape index (κ3) is 1.76. The van der Waals surface area contributed by atoms with E-state index in [1.54, 1.807) is 18.2 Å². The zero-order chi connectivity index (χ0) is 12.9. The fourth-order valence-corrected chi connectivity index (χ4v) is 2.69. The normalized spacial score (nSPS) is 21.1. The number of carbonyl (C=O) groups is 2. The third-order valence-corrected chi connectivity index (χ3v) is 3.83. The minimum Gasteiger partial charge on any atom is -0.336 e. The van der Waals surface area contributed by atoms with Gasteiger partial charge in [0.05, 0.1) is 11.1 Å². The molecule has 0 unspecified atom stereocenters. The van der Waals surface area contributed by atoms with E-state index in [0.29, 0.717) is 22.3 Å². The van der Waals surface area contributed by atoms with Crippen LogP contribution in [0.15, 0.2) is 18.2 Å². The predicted octanol–water partition coefficient (Wildman–Crippen LogP) is 2.83. The van der Waals surface area contributed by atoms with Gasteiger partial charge in [-0.05, 0) is 31.0 Å². The number of urea groups is 1. The fraction of sp³-hybridized carbons (Fsp3) is 0.333. The topological polar surface area (TPSA) is 49.4 Å². The Morgan fingerprint density at radius 1 is 1.11 bits per heavy atom. The SMILES string of the molecule is O=C1NCC2(CC2)C(=O)N1c1cc(Cl)cc(Cl)c1. The number of halogens is 2. The van der Waals surface area contributed by atoms with E-state index >= 15 is 0 Å². The van der Waals surface area contributed by atoms with Crippen molar-refractivity contribution >= 4 is 40.8 Å². The van der Waals surface area contributed by atoms with E-state index < -0.39 is 11.4 Å². The molecule has 3 amide bonds. The molecule has 1 saturated carbocycles. The van der Waals surface area contributed by atoms with Crippen LogP contribution in [0.2, 0.25) is 10.0 Å². The van der Waals surface area contributed by atoms with Gasteiger partial charge in [-0.1, -0.05) is 23.2 Å². The molecule has 1 aliphatic carbocycles. The Balaban J connectivity index is 2.02. The largest absolute Gasteiger partial charge is 0.336 e. The van der Waals surface area contributed by atoms with Crippen LogP contribution in [0, 0.1) is 5.41 Å². The lowest BCUT2D eigenvalue weighted by molar-refractivity contribution is -0.123. The minimum absolute atomic E-state index is 0.162. The Morgan fingerprint density at radius 2 is 1.72 bits per heavy atom. The number of amides is 3. The molecule has 0 aromatic heterocycles. The number of imide groups is 1. The van der Waals surface area contributed by atoms with Crippen LogP contribution >= 0.6 is 23.2 Å². The van der Waals surface area contributed by atoms with Crippen LogP contribution in [0.3, 0.4) is 0 Å². The van der Waals surface area contributed by atoms with Gasteiger partial charge in [-0.3, -0.25) is 4.79 Å². The number of hydrogen-bond donors (Lipinski definition) is 1. The first-order valence-electron chi connectivity index (χ1n) is 5.60. The van der Waals surface area contributed by atoms with E-state index in [-0.39, 0.29) is 5.91 Å². The molecule has 18 heavy (non-hydrogen) atoms. The van der Waals surface area contributed by atoms with Crippen molar-refractivity contribution in [3.63, 3.8) is 0 Å². The van der Waals surface area contributed by atoms with Gasteiger partial charge >= 0.3 is 6.03 Å². The average molecular weight is 285 g/mol. The summed E-state index contributed by atoms with van der Waals surface area (Å²) in [5.41, 5.74) is 0.0175. The van der Waals surface area contributed by atoms with Gasteiger partial charge < -0.3 is 5.32 Å². The molecule has 1 N–H and O–H groups in total. The molecule has 2 aliphatic rings. The van der Waals surface area contributed by atoms with E-state index in [9.17, 15) is 9.59 Å². The lowest BCUT2D eigenvalue weighted by Crippen LogP contribution is -2.56. The summed E-state index contributed by atoms with van der Waals surface area (Å²) in [6, 6.07) is 4.26. The minimum atomic E-state index is -0.421. The summed E-state index contributed by atoms with van der Waals surface area (Å²) in [6.07, 6.45) is 1.63. The Labute approximate surface area is 114 Å². The first kappa shape index (κ1) is 11.8. The molecule has 6 heteroatoms. The highest BCUT2D eigenvalue weighted by atomic mass is 35.5. The Hall–Kier alpha value is -1.26. The molecule has 0 radical (unpaired) electrons. The molecule has 3 rings (SSSR count). The lowest BCUT2D eigenvalue weighted by Gasteiger charge is -2.31. The molecule has 4 nitrogen and oxygen atoms in total. The molecule has 1 aliphatic heterocycles. The summed E-state index contributed by atoms with van der Waals surface area (Å²) in [7, 11) is 0. The molecule has 1 aromatic rings. The van der Waals surface area contributed by atoms with E-state index in [1.807, 2.05) is 0 Å². The zero-order valence-corrected chi connectivity index (χ0v) is 10.9. The second kappa shape index (κ2) is 3.87. The Kier molecular flexibility index (Phi) is 2.54. The van der Waals surface area contributed by atoms with Crippen molar-refractivity contribution in [1.82, 2.24) is 5.32 Å². The summed E-state index contributed by atoms with van der Waals surface area (Å²) in [4.78, 5) is 25.3. The molecule has 2 fully saturated rings. The maximum atomic E-state index is 12.3. The number of hydrogen-bond acceptors (Lipinski definition) is 2. The van der Waals surface area contributed by atoms with Crippen LogP contribution in [0.25, 0.3) is 0 Å². The molecule has 94 valence electrons. The molecule has 0 bridgehead atoms. The molecule has 1 heterocycles. The molecular formula is C12H10Cl2N2O2. The zero-order valence-electron chi connectivity index (χ0n) is 9.37. The van der Waals surface area contributed by atoms with Crippen molar-refractivity contribution < 1.29 is 9.59 Å². The van der Waals surface area contributed by atoms with Gasteiger partial charge in [0, 0.05) is 16.6 Å². The van der Waals surface area contributed by atoms with Gasteiger partial charge in [0.1, 0.15) is 0 Å². The van der Waals surface area contributed by atoms with Gasteiger partial charge in [-0.2, -0.15) is 0 Å². The lowest BCUT2D eigenvalue weighted by atomic mass is 10.0. The van der Waals surface area contributed by atoms with Crippen molar-refractivity contribution in [3.05, 3.63) is 28.2 Å². The van der Waals surface area contributed by atoms with Crippen LogP contribution < -0.4 is 10.2 Å². The van der Waals surface area contributed by atoms with Crippen LogP contribution in [0.5, 0.6) is 0 Å². The summed E-state index contributed by atoms with van der Waals surface area (Å²) in [5, 5.41) is 3.53. The van der Waals surface area contributed by atoms with Gasteiger partial charge in [0.15, 0.2) is 0 Å². The Bertz CT molecular complexity index is 535. The number of carbonyl (C=O) groups excluding carboxylic acids is 2. The van der Waals surface area contributed by atoms with Crippen LogP contribution in [0.4, 0.5) is 10.5 Å². The van der Waals surface area contributed by atoms with Crippen LogP contribution in [-0.2, 0) is 4.79 Å². The smallest absolute Gasteiger partial charge is 0.328 e. The predicted molar refractivity (Wildman–Crippen MR) is 69.0 cm³/mol. The molecule has 1 spiro atoms. The number of rotatable bonds is 1. The van der Waals surface area contributed by atoms with Crippen molar-refractivity contribution in [2.75, 3.05) is 11.4 Å². The first-order valence-corrected chi connectivity index (χ1v) is 6.36. The fourth-order valence-electron chi connectivity index (χ4n) is 2.17. The highest BCUT2D eigenvalue weighted by molar-refractivity contribution is 6.35. The molecule has 1 saturated heterocycles. The van der Waals surface area contributed by atoms with Crippen molar-refractivity contribution in [2.45, 2.75) is 12.8 Å². The van der Waals surface area contributed by atoms with E-state index in [0.717, 1.165) is 17.7 Å². The van der Waals surface area contributed by atoms with E-state index in [4.69, 9.17) is 23.2 Å². The standard InChI is InChI=1S/C12H10Cl2N2O2/c13-7-3-8(14)5-9(4-7)16-10(17)12(1-2-12)6-15-11(16)18/h3-5H,1-2,6H2,(H,15,18). The number of anilines is 1. The van der Waals surface area contributed by atoms with Crippen LogP contribution in [0.1, 0.15) is 12.8 Å². The molecular weight excluding hydrogens is 275 g/mol. The number of nitrogens with zero attached hydrogens (tertiary/aromatic N) is 1. The van der Waals surface area contributed by atoms with E-state index in [1.165, 1.54) is 0 Å². The maximum Gasteiger partial charge on any atom is 0.328 e. The highest BCUT2D eigenvalue weighted by Crippen LogP contribution is 2.49. The summed E-state index contributed by atoms with van der Waals surface area (Å²) in [5.74, 6) is -0.162. The van der Waals surface area contributed by atoms with Gasteiger partial charge in [0.2, 0.25) is 5.91 Å². The molecule has 1 aromatic carbocycles. The molecule has 0 atom stereocenters. The van der Waals surface area contributed by atoms with Crippen molar-refractivity contribution in [2.24, 2.45) is 5.41 Å². The monoisotopic (exact) mass is 284 g/mol. The second-order valence-corrected chi connectivity index (χ2v) is 5.58. The second-order valence-electron chi connectivity index (χ2n) is 4.71. The third-order valence-electron chi connectivity index (χ3n) is 3.40. The maximum absolute atomic E-state index is 12.3. The van der Waals surface area contributed by atoms with Crippen molar-refractivity contribution in [3.8, 4) is 0 Å². The first-order chi connectivity index (χ1) is 8.52. The van der Waals surface area contributed by atoms with Crippen molar-refractivity contribution in [1.29, 1.82) is 0 Å². The highest BCUT2D eigenvalue weighted by Gasteiger charge is 2.56. The number of benzene rings is 1.